The van der Waals surface area contributed by atoms with Crippen LogP contribution in [0.3, 0.4) is 0 Å². The number of aliphatic hydroxyl groups is 1. The van der Waals surface area contributed by atoms with E-state index in [1.807, 2.05) is 0 Å². The van der Waals surface area contributed by atoms with Gasteiger partial charge >= 0.3 is 0 Å². The van der Waals surface area contributed by atoms with Crippen molar-refractivity contribution in [2.75, 3.05) is 19.5 Å². The molecular weight excluding hydrogens is 197 g/mol. The van der Waals surface area contributed by atoms with Gasteiger partial charge in [0, 0.05) is 19.5 Å². The van der Waals surface area contributed by atoms with E-state index < -0.39 is 16.7 Å². The maximum atomic E-state index is 10.2. The van der Waals surface area contributed by atoms with Crippen LogP contribution < -0.4 is 0 Å². The number of aliphatic hydroxyl groups excluding tert-OH is 1. The predicted molar refractivity (Wildman–Crippen MR) is 27.9 cm³/mol. The minimum atomic E-state index is -3.42. The number of hydrogen-bond donors (Lipinski definition) is 1. The molecule has 0 spiro atoms. The van der Waals surface area contributed by atoms with Gasteiger partial charge in [-0.05, 0) is 0 Å². The Morgan fingerprint density at radius 2 is 2.00 bits per heavy atom. The molecule has 0 aliphatic heterocycles. The summed E-state index contributed by atoms with van der Waals surface area (Å²) >= 11 is 0. The summed E-state index contributed by atoms with van der Waals surface area (Å²) in [5.74, 6) is -0.330. The van der Waals surface area contributed by atoms with Crippen molar-refractivity contribution in [2.24, 2.45) is 0 Å². The molecule has 9 heavy (non-hydrogen) atoms. The molecular formula is C3H8O4SZn. The van der Waals surface area contributed by atoms with Gasteiger partial charge in [0.1, 0.15) is 0 Å². The van der Waals surface area contributed by atoms with Crippen LogP contribution in [0.1, 0.15) is 0 Å². The van der Waals surface area contributed by atoms with Crippen LogP contribution in [0.2, 0.25) is 0 Å². The van der Waals surface area contributed by atoms with E-state index >= 15 is 0 Å². The molecule has 1 N–H and O–H groups in total. The molecule has 0 heterocycles. The topological polar surface area (TPSA) is 63.6 Å². The van der Waals surface area contributed by atoms with Crippen LogP contribution in [0, 0.1) is 0 Å². The Morgan fingerprint density at radius 1 is 1.56 bits per heavy atom. The largest absolute Gasteiger partial charge is 0.395 e. The second-order valence-electron chi connectivity index (χ2n) is 1.15. The predicted octanol–water partition coefficient (Wildman–Crippen LogP) is -1.05. The second-order valence-corrected chi connectivity index (χ2v) is 3.01. The quantitative estimate of drug-likeness (QED) is 0.472. The molecule has 0 saturated carbocycles. The molecule has 6 heteroatoms. The first-order valence-corrected chi connectivity index (χ1v) is 3.59. The van der Waals surface area contributed by atoms with Crippen molar-refractivity contribution in [3.05, 3.63) is 0 Å². The Morgan fingerprint density at radius 3 is 2.11 bits per heavy atom. The monoisotopic (exact) mass is 204 g/mol. The van der Waals surface area contributed by atoms with E-state index in [9.17, 15) is 8.42 Å². The summed E-state index contributed by atoms with van der Waals surface area (Å²) in [5, 5.41) is 8.07. The zero-order valence-corrected chi connectivity index (χ0v) is 8.99. The average molecular weight is 206 g/mol. The third-order valence-corrected chi connectivity index (χ3v) is 1.79. The second kappa shape index (κ2) is 5.29. The Labute approximate surface area is 67.1 Å². The van der Waals surface area contributed by atoms with Crippen molar-refractivity contribution < 1.29 is 37.2 Å². The Bertz CT molecular complexity index is 140. The molecule has 0 aromatic rings. The summed E-state index contributed by atoms with van der Waals surface area (Å²) in [6.45, 7) is -0.393. The molecule has 0 aliphatic rings. The molecule has 0 aromatic heterocycles. The summed E-state index contributed by atoms with van der Waals surface area (Å²) in [6, 6.07) is 0. The number of hydrogen-bond acceptors (Lipinski definition) is 4. The van der Waals surface area contributed by atoms with E-state index in [0.29, 0.717) is 0 Å². The van der Waals surface area contributed by atoms with E-state index in [-0.39, 0.29) is 25.2 Å². The van der Waals surface area contributed by atoms with Gasteiger partial charge in [-0.1, -0.05) is 0 Å². The van der Waals surface area contributed by atoms with Gasteiger partial charge in [0.2, 0.25) is 0 Å². The van der Waals surface area contributed by atoms with Crippen LogP contribution >= 0.6 is 0 Å². The summed E-state index contributed by atoms with van der Waals surface area (Å²) in [7, 11) is -2.36. The fourth-order valence-electron chi connectivity index (χ4n) is 0.195. The molecule has 0 bridgehead atoms. The minimum absolute atomic E-state index is 0. The van der Waals surface area contributed by atoms with Crippen molar-refractivity contribution in [3.8, 4) is 0 Å². The first-order chi connectivity index (χ1) is 3.62. The zero-order chi connectivity index (χ0) is 6.62. The van der Waals surface area contributed by atoms with E-state index in [0.717, 1.165) is 7.11 Å². The van der Waals surface area contributed by atoms with E-state index in [4.69, 9.17) is 5.11 Å². The van der Waals surface area contributed by atoms with Crippen LogP contribution in [0.15, 0.2) is 0 Å². The summed E-state index contributed by atoms with van der Waals surface area (Å²) in [5.41, 5.74) is 0. The molecule has 52 valence electrons. The van der Waals surface area contributed by atoms with Gasteiger partial charge < -0.3 is 5.11 Å². The molecule has 0 saturated heterocycles. The molecule has 0 radical (unpaired) electrons. The molecule has 0 atom stereocenters. The maximum Gasteiger partial charge on any atom is 0.269 e. The van der Waals surface area contributed by atoms with Crippen molar-refractivity contribution in [3.63, 3.8) is 0 Å². The van der Waals surface area contributed by atoms with Crippen molar-refractivity contribution in [2.45, 2.75) is 0 Å². The minimum Gasteiger partial charge on any atom is -0.395 e. The van der Waals surface area contributed by atoms with Gasteiger partial charge in [-0.3, -0.25) is 4.18 Å². The Hall–Kier alpha value is 0.493. The summed E-state index contributed by atoms with van der Waals surface area (Å²) < 4.78 is 24.4. The Balaban J connectivity index is 0. The van der Waals surface area contributed by atoms with Gasteiger partial charge in [0.05, 0.1) is 19.5 Å². The molecule has 0 fully saturated rings. The smallest absolute Gasteiger partial charge is 0.269 e. The molecule has 0 rings (SSSR count). The van der Waals surface area contributed by atoms with Crippen molar-refractivity contribution >= 4 is 10.1 Å². The molecule has 0 unspecified atom stereocenters. The standard InChI is InChI=1S/C3H8O4S.Zn/c1-7-8(5,6)3-2-4;/h4H,2-3H2,1H3;. The molecule has 0 amide bonds. The van der Waals surface area contributed by atoms with E-state index in [2.05, 4.69) is 4.18 Å². The third-order valence-electron chi connectivity index (χ3n) is 0.595. The first kappa shape index (κ1) is 12.2. The first-order valence-electron chi connectivity index (χ1n) is 2.01. The molecule has 0 aromatic carbocycles. The van der Waals surface area contributed by atoms with Crippen LogP contribution in [0.5, 0.6) is 0 Å². The van der Waals surface area contributed by atoms with Crippen LogP contribution in [-0.2, 0) is 33.8 Å². The van der Waals surface area contributed by atoms with Gasteiger partial charge in [0.15, 0.2) is 0 Å². The summed E-state index contributed by atoms with van der Waals surface area (Å²) in [6.07, 6.45) is 0. The fourth-order valence-corrected chi connectivity index (χ4v) is 0.585. The zero-order valence-electron chi connectivity index (χ0n) is 5.20. The normalized spacial score (nSPS) is 10.4. The van der Waals surface area contributed by atoms with Crippen molar-refractivity contribution in [1.29, 1.82) is 0 Å². The Kier molecular flexibility index (Phi) is 7.17. The van der Waals surface area contributed by atoms with Crippen LogP contribution in [-0.4, -0.2) is 33.0 Å². The SMILES string of the molecule is COS(=O)(=O)CCO.[Zn]. The van der Waals surface area contributed by atoms with Crippen LogP contribution in [0.4, 0.5) is 0 Å². The number of rotatable bonds is 3. The van der Waals surface area contributed by atoms with Crippen molar-refractivity contribution in [1.82, 2.24) is 0 Å². The van der Waals surface area contributed by atoms with E-state index in [1.54, 1.807) is 0 Å². The van der Waals surface area contributed by atoms with Gasteiger partial charge in [0.25, 0.3) is 10.1 Å². The van der Waals surface area contributed by atoms with E-state index in [1.165, 1.54) is 0 Å². The van der Waals surface area contributed by atoms with Crippen LogP contribution in [0.25, 0.3) is 0 Å². The van der Waals surface area contributed by atoms with Gasteiger partial charge in [-0.15, -0.1) is 0 Å². The van der Waals surface area contributed by atoms with Gasteiger partial charge in [-0.25, -0.2) is 0 Å². The molecule has 0 aliphatic carbocycles. The fraction of sp³-hybridized carbons (Fsp3) is 1.00. The maximum absolute atomic E-state index is 10.2. The molecule has 4 nitrogen and oxygen atoms in total. The van der Waals surface area contributed by atoms with Gasteiger partial charge in [-0.2, -0.15) is 8.42 Å². The average Bonchev–Trinajstić information content (AvgIpc) is 1.67. The third kappa shape index (κ3) is 6.38. The summed E-state index contributed by atoms with van der Waals surface area (Å²) in [4.78, 5) is 0.